The number of carbonyl (C=O) groups excluding carboxylic acids is 2. The molecule has 0 atom stereocenters. The van der Waals surface area contributed by atoms with E-state index in [1.807, 2.05) is 0 Å². The molecule has 0 saturated carbocycles. The lowest BCUT2D eigenvalue weighted by atomic mass is 10.2. The molecule has 0 bridgehead atoms. The highest BCUT2D eigenvalue weighted by Gasteiger charge is 2.31. The summed E-state index contributed by atoms with van der Waals surface area (Å²) in [7, 11) is 1.33. The number of hydrogen-bond acceptors (Lipinski definition) is 14. The molecule has 0 aromatic carbocycles. The van der Waals surface area contributed by atoms with Gasteiger partial charge in [0.25, 0.3) is 0 Å². The first-order valence-electron chi connectivity index (χ1n) is 14.7. The van der Waals surface area contributed by atoms with Crippen molar-refractivity contribution in [1.29, 1.82) is 0 Å². The summed E-state index contributed by atoms with van der Waals surface area (Å²) in [5, 5.41) is 14.9. The molecule has 0 fully saturated rings. The zero-order valence-electron chi connectivity index (χ0n) is 27.6. The number of hydrogen-bond donors (Lipinski definition) is 0. The van der Waals surface area contributed by atoms with E-state index < -0.39 is 28.3 Å². The molecule has 1 aromatic rings. The van der Waals surface area contributed by atoms with E-state index in [2.05, 4.69) is 5.10 Å². The second-order valence-electron chi connectivity index (χ2n) is 11.3. The fourth-order valence-corrected chi connectivity index (χ4v) is 3.19. The summed E-state index contributed by atoms with van der Waals surface area (Å²) < 4.78 is 49.6. The molecule has 1 rings (SSSR count). The largest absolute Gasteiger partial charge is 0.475 e. The second-order valence-corrected chi connectivity index (χ2v) is 11.3. The van der Waals surface area contributed by atoms with Gasteiger partial charge in [-0.1, -0.05) is 0 Å². The molecular formula is C28H50N4O13. The van der Waals surface area contributed by atoms with Crippen LogP contribution in [0.1, 0.15) is 41.5 Å². The molecular weight excluding hydrogens is 600 g/mol. The molecule has 260 valence electrons. The molecule has 45 heavy (non-hydrogen) atoms. The minimum Gasteiger partial charge on any atom is -0.475 e. The van der Waals surface area contributed by atoms with Crippen LogP contribution in [0, 0.1) is 10.1 Å². The minimum atomic E-state index is -0.797. The Bertz CT molecular complexity index is 964. The van der Waals surface area contributed by atoms with Crippen LogP contribution in [0.4, 0.5) is 15.3 Å². The first kappa shape index (κ1) is 39.9. The molecule has 1 heterocycles. The number of nitro groups is 1. The number of carbonyl (C=O) groups is 2. The number of aromatic nitrogens is 2. The van der Waals surface area contributed by atoms with Crippen molar-refractivity contribution in [3.63, 3.8) is 0 Å². The molecule has 0 N–H and O–H groups in total. The number of methoxy groups -OCH3 is 1. The monoisotopic (exact) mass is 650 g/mol. The topological polar surface area (TPSA) is 181 Å². The summed E-state index contributed by atoms with van der Waals surface area (Å²) in [4.78, 5) is 36.1. The number of rotatable bonds is 23. The van der Waals surface area contributed by atoms with Gasteiger partial charge in [0.15, 0.2) is 0 Å². The molecule has 0 radical (unpaired) electrons. The summed E-state index contributed by atoms with van der Waals surface area (Å²) in [5.41, 5.74) is -1.71. The van der Waals surface area contributed by atoms with Crippen LogP contribution in [0.3, 0.4) is 0 Å². The molecule has 2 amide bonds. The van der Waals surface area contributed by atoms with Crippen LogP contribution in [0.2, 0.25) is 0 Å². The van der Waals surface area contributed by atoms with E-state index in [0.29, 0.717) is 72.6 Å². The van der Waals surface area contributed by atoms with Crippen LogP contribution < -0.4 is 4.74 Å². The van der Waals surface area contributed by atoms with Gasteiger partial charge < -0.3 is 42.6 Å². The summed E-state index contributed by atoms with van der Waals surface area (Å²) >= 11 is 0. The molecule has 1 aromatic heterocycles. The van der Waals surface area contributed by atoms with E-state index in [-0.39, 0.29) is 31.3 Å². The third kappa shape index (κ3) is 19.8. The normalized spacial score (nSPS) is 11.8. The van der Waals surface area contributed by atoms with Gasteiger partial charge in [0, 0.05) is 0 Å². The van der Waals surface area contributed by atoms with Crippen molar-refractivity contribution in [3.8, 4) is 5.88 Å². The first-order chi connectivity index (χ1) is 21.2. The molecule has 17 heteroatoms. The maximum absolute atomic E-state index is 12.4. The van der Waals surface area contributed by atoms with Crippen molar-refractivity contribution in [2.24, 2.45) is 0 Å². The fourth-order valence-electron chi connectivity index (χ4n) is 3.19. The Morgan fingerprint density at radius 2 is 1.11 bits per heavy atom. The summed E-state index contributed by atoms with van der Waals surface area (Å²) in [6, 6.07) is 0. The van der Waals surface area contributed by atoms with Crippen LogP contribution in [0.15, 0.2) is 6.20 Å². The minimum absolute atomic E-state index is 0.0229. The van der Waals surface area contributed by atoms with E-state index in [1.54, 1.807) is 41.5 Å². The van der Waals surface area contributed by atoms with Crippen LogP contribution in [-0.2, 0) is 44.4 Å². The van der Waals surface area contributed by atoms with Crippen molar-refractivity contribution in [2.45, 2.75) is 59.3 Å². The van der Waals surface area contributed by atoms with Crippen LogP contribution in [0.25, 0.3) is 0 Å². The van der Waals surface area contributed by atoms with Gasteiger partial charge in [0.1, 0.15) is 17.4 Å². The Kier molecular flexibility index (Phi) is 19.2. The first-order valence-corrected chi connectivity index (χ1v) is 14.7. The lowest BCUT2D eigenvalue weighted by molar-refractivity contribution is -0.385. The van der Waals surface area contributed by atoms with Crippen molar-refractivity contribution in [2.75, 3.05) is 92.9 Å². The molecule has 0 saturated heterocycles. The fraction of sp³-hybridized carbons (Fsp3) is 0.821. The Morgan fingerprint density at radius 1 is 0.733 bits per heavy atom. The lowest BCUT2D eigenvalue weighted by Crippen LogP contribution is -2.45. The molecule has 0 spiro atoms. The van der Waals surface area contributed by atoms with Crippen LogP contribution in [0.5, 0.6) is 5.88 Å². The van der Waals surface area contributed by atoms with E-state index >= 15 is 0 Å². The van der Waals surface area contributed by atoms with Gasteiger partial charge in [-0.2, -0.15) is 0 Å². The maximum Gasteiger partial charge on any atom is 0.419 e. The van der Waals surface area contributed by atoms with Crippen molar-refractivity contribution >= 4 is 17.9 Å². The van der Waals surface area contributed by atoms with E-state index in [9.17, 15) is 19.7 Å². The van der Waals surface area contributed by atoms with Crippen molar-refractivity contribution < 1.29 is 57.1 Å². The lowest BCUT2D eigenvalue weighted by Gasteiger charge is -2.28. The smallest absolute Gasteiger partial charge is 0.419 e. The molecule has 0 unspecified atom stereocenters. The maximum atomic E-state index is 12.4. The van der Waals surface area contributed by atoms with Gasteiger partial charge in [0.2, 0.25) is 0 Å². The van der Waals surface area contributed by atoms with Gasteiger partial charge in [-0.25, -0.2) is 14.5 Å². The third-order valence-electron chi connectivity index (χ3n) is 5.11. The summed E-state index contributed by atoms with van der Waals surface area (Å²) in [5.74, 6) is -0.0365. The highest BCUT2D eigenvalue weighted by Crippen LogP contribution is 2.23. The molecule has 17 nitrogen and oxygen atoms in total. The predicted octanol–water partition coefficient (Wildman–Crippen LogP) is 3.07. The van der Waals surface area contributed by atoms with E-state index in [0.717, 1.165) is 4.90 Å². The third-order valence-corrected chi connectivity index (χ3v) is 5.11. The summed E-state index contributed by atoms with van der Waals surface area (Å²) in [6.07, 6.45) is -0.295. The van der Waals surface area contributed by atoms with Gasteiger partial charge in [-0.3, -0.25) is 14.8 Å². The Morgan fingerprint density at radius 3 is 1.44 bits per heavy atom. The number of imide groups is 1. The Labute approximate surface area is 264 Å². The Hall–Kier alpha value is -3.09. The van der Waals surface area contributed by atoms with E-state index in [4.69, 9.17) is 42.6 Å². The number of amides is 2. The average Bonchev–Trinajstić information content (AvgIpc) is 3.35. The van der Waals surface area contributed by atoms with E-state index in [1.165, 1.54) is 18.0 Å². The predicted molar refractivity (Wildman–Crippen MR) is 160 cm³/mol. The number of nitrogens with zero attached hydrogens (tertiary/aromatic N) is 4. The average molecular weight is 651 g/mol. The zero-order chi connectivity index (χ0) is 33.7. The van der Waals surface area contributed by atoms with Gasteiger partial charge >= 0.3 is 23.8 Å². The van der Waals surface area contributed by atoms with Crippen LogP contribution in [-0.4, -0.2) is 136 Å². The quantitative estimate of drug-likeness (QED) is 0.0957. The van der Waals surface area contributed by atoms with Crippen molar-refractivity contribution in [3.05, 3.63) is 16.3 Å². The Balaban J connectivity index is 1.97. The highest BCUT2D eigenvalue weighted by atomic mass is 16.6. The molecule has 0 aliphatic rings. The van der Waals surface area contributed by atoms with Gasteiger partial charge in [-0.15, -0.1) is 5.10 Å². The number of ether oxygens (including phenoxy) is 9. The highest BCUT2D eigenvalue weighted by molar-refractivity contribution is 5.88. The van der Waals surface area contributed by atoms with Crippen molar-refractivity contribution in [1.82, 2.24) is 14.7 Å². The second kappa shape index (κ2) is 21.6. The van der Waals surface area contributed by atoms with Crippen LogP contribution >= 0.6 is 0 Å². The van der Waals surface area contributed by atoms with Gasteiger partial charge in [-0.05, 0) is 41.5 Å². The molecule has 0 aliphatic heterocycles. The van der Waals surface area contributed by atoms with Gasteiger partial charge in [0.05, 0.1) is 104 Å². The summed E-state index contributed by atoms with van der Waals surface area (Å²) in [6.45, 7) is 14.8. The standard InChI is InChI=1S/C28H50N4O13/c1-27(2,3)44-25(33)31(26(34)45-28(4,5)6)9-11-39-13-15-41-17-19-43-21-20-42-18-16-40-14-12-38-10-8-30-22-23(32(35)36)24(29-30)37-7/h22H,8-21H2,1-7H3. The molecule has 0 aliphatic carbocycles. The SMILES string of the molecule is COc1nn(CCOCCOCCOCCOCCOCCOCCN(C(=O)OC(C)(C)C)C(=O)OC(C)(C)C)cc1[N+](=O)[O-]. The zero-order valence-corrected chi connectivity index (χ0v) is 27.6.